The van der Waals surface area contributed by atoms with E-state index in [0.717, 1.165) is 4.57 Å². The highest BCUT2D eigenvalue weighted by molar-refractivity contribution is 5.66. The van der Waals surface area contributed by atoms with Crippen LogP contribution in [0.1, 0.15) is 0 Å². The number of hydrogen-bond acceptors (Lipinski definition) is 2. The standard InChI is InChI=1S/C9H13N4O2.HI/c1-10-5-11(2)7-6(10)8(14)13(4)9(15)12(7)3;/h5H,1-4H3;1H/q+1;/p-1. The lowest BCUT2D eigenvalue weighted by Crippen LogP contribution is -3.00. The number of aromatic nitrogens is 4. The van der Waals surface area contributed by atoms with E-state index in [2.05, 4.69) is 0 Å². The number of nitrogens with zero attached hydrogens (tertiary/aromatic N) is 4. The number of fused-ring (bicyclic) bond motifs is 1. The largest absolute Gasteiger partial charge is 1.00 e. The minimum absolute atomic E-state index is 0. The number of hydrogen-bond donors (Lipinski definition) is 0. The van der Waals surface area contributed by atoms with Crippen molar-refractivity contribution >= 4 is 11.2 Å². The van der Waals surface area contributed by atoms with Gasteiger partial charge in [-0.1, -0.05) is 0 Å². The molecule has 0 fully saturated rings. The number of halogens is 1. The van der Waals surface area contributed by atoms with Gasteiger partial charge >= 0.3 is 11.2 Å². The molecule has 16 heavy (non-hydrogen) atoms. The average Bonchev–Trinajstić information content (AvgIpc) is 2.47. The molecule has 2 aromatic rings. The summed E-state index contributed by atoms with van der Waals surface area (Å²) >= 11 is 0. The molecule has 0 aliphatic rings. The van der Waals surface area contributed by atoms with E-state index in [1.165, 1.54) is 11.6 Å². The Balaban J connectivity index is 0.00000128. The van der Waals surface area contributed by atoms with Crippen LogP contribution in [-0.2, 0) is 28.2 Å². The molecule has 0 spiro atoms. The Kier molecular flexibility index (Phi) is 3.27. The molecule has 0 amide bonds. The Morgan fingerprint density at radius 1 is 1.12 bits per heavy atom. The lowest BCUT2D eigenvalue weighted by atomic mass is 10.5. The van der Waals surface area contributed by atoms with Gasteiger partial charge < -0.3 is 24.0 Å². The van der Waals surface area contributed by atoms with Crippen molar-refractivity contribution in [2.75, 3.05) is 0 Å². The second kappa shape index (κ2) is 4.04. The van der Waals surface area contributed by atoms with Gasteiger partial charge in [-0.15, -0.1) is 0 Å². The second-order valence-electron chi connectivity index (χ2n) is 3.72. The van der Waals surface area contributed by atoms with Gasteiger partial charge in [-0.05, 0) is 0 Å². The third kappa shape index (κ3) is 1.49. The fourth-order valence-corrected chi connectivity index (χ4v) is 1.90. The van der Waals surface area contributed by atoms with Crippen LogP contribution in [0.15, 0.2) is 15.9 Å². The zero-order chi connectivity index (χ0) is 11.3. The minimum Gasteiger partial charge on any atom is -1.00 e. The van der Waals surface area contributed by atoms with E-state index in [-0.39, 0.29) is 35.2 Å². The van der Waals surface area contributed by atoms with E-state index < -0.39 is 0 Å². The van der Waals surface area contributed by atoms with Crippen LogP contribution in [0.2, 0.25) is 0 Å². The maximum Gasteiger partial charge on any atom is 0.388 e. The first-order valence-electron chi connectivity index (χ1n) is 4.56. The molecule has 0 bridgehead atoms. The number of rotatable bonds is 0. The summed E-state index contributed by atoms with van der Waals surface area (Å²) < 4.78 is 6.06. The topological polar surface area (TPSA) is 52.8 Å². The van der Waals surface area contributed by atoms with Crippen LogP contribution >= 0.6 is 0 Å². The van der Waals surface area contributed by atoms with Gasteiger partial charge in [0, 0.05) is 7.05 Å². The van der Waals surface area contributed by atoms with Gasteiger partial charge in [0.25, 0.3) is 5.65 Å². The lowest BCUT2D eigenvalue weighted by Gasteiger charge is -1.98. The van der Waals surface area contributed by atoms with Gasteiger partial charge in [0.15, 0.2) is 6.33 Å². The van der Waals surface area contributed by atoms with Gasteiger partial charge in [0.2, 0.25) is 5.52 Å². The molecule has 2 heterocycles. The number of aryl methyl sites for hydroxylation is 3. The highest BCUT2D eigenvalue weighted by atomic mass is 127. The Morgan fingerprint density at radius 3 is 2.25 bits per heavy atom. The molecule has 7 heteroatoms. The first-order valence-corrected chi connectivity index (χ1v) is 4.56. The van der Waals surface area contributed by atoms with Crippen LogP contribution in [0, 0.1) is 0 Å². The Labute approximate surface area is 109 Å². The normalized spacial score (nSPS) is 10.5. The van der Waals surface area contributed by atoms with Crippen LogP contribution in [0.4, 0.5) is 0 Å². The molecule has 2 aromatic heterocycles. The molecule has 2 rings (SSSR count). The molecular formula is C9H13IN4O2. The maximum absolute atomic E-state index is 11.9. The van der Waals surface area contributed by atoms with Crippen molar-refractivity contribution < 1.29 is 28.5 Å². The zero-order valence-corrected chi connectivity index (χ0v) is 11.7. The molecule has 0 N–H and O–H groups in total. The lowest BCUT2D eigenvalue weighted by molar-refractivity contribution is -0.648. The van der Waals surface area contributed by atoms with Crippen molar-refractivity contribution in [3.8, 4) is 0 Å². The third-order valence-corrected chi connectivity index (χ3v) is 2.64. The van der Waals surface area contributed by atoms with E-state index in [0.29, 0.717) is 11.2 Å². The molecule has 0 aliphatic carbocycles. The van der Waals surface area contributed by atoms with Gasteiger partial charge in [-0.3, -0.25) is 9.36 Å². The molecule has 0 atom stereocenters. The van der Waals surface area contributed by atoms with Crippen LogP contribution in [-0.4, -0.2) is 13.7 Å². The van der Waals surface area contributed by atoms with Crippen molar-refractivity contribution in [2.24, 2.45) is 28.2 Å². The summed E-state index contributed by atoms with van der Waals surface area (Å²) in [5.74, 6) is 0. The highest BCUT2D eigenvalue weighted by Crippen LogP contribution is 1.99. The summed E-state index contributed by atoms with van der Waals surface area (Å²) in [6, 6.07) is 0. The van der Waals surface area contributed by atoms with Crippen LogP contribution in [0.3, 0.4) is 0 Å². The molecular weight excluding hydrogens is 323 g/mol. The SMILES string of the molecule is Cn1c(=O)c2c(n(C)c1=O)[n+](C)cn2C.[I-]. The van der Waals surface area contributed by atoms with E-state index in [9.17, 15) is 9.59 Å². The predicted molar refractivity (Wildman–Crippen MR) is 54.6 cm³/mol. The van der Waals surface area contributed by atoms with E-state index in [4.69, 9.17) is 0 Å². The van der Waals surface area contributed by atoms with Crippen molar-refractivity contribution in [3.05, 3.63) is 27.2 Å². The minimum atomic E-state index is -0.311. The van der Waals surface area contributed by atoms with Crippen LogP contribution in [0.5, 0.6) is 0 Å². The molecule has 0 aromatic carbocycles. The summed E-state index contributed by atoms with van der Waals surface area (Å²) in [7, 11) is 6.73. The molecule has 0 radical (unpaired) electrons. The van der Waals surface area contributed by atoms with Crippen molar-refractivity contribution in [2.45, 2.75) is 0 Å². The summed E-state index contributed by atoms with van der Waals surface area (Å²) in [5, 5.41) is 0. The van der Waals surface area contributed by atoms with Gasteiger partial charge in [-0.25, -0.2) is 18.5 Å². The molecule has 0 saturated heterocycles. The third-order valence-electron chi connectivity index (χ3n) is 2.64. The Hall–Kier alpha value is -1.12. The maximum atomic E-state index is 11.9. The zero-order valence-electron chi connectivity index (χ0n) is 9.56. The van der Waals surface area contributed by atoms with Crippen LogP contribution in [0.25, 0.3) is 11.2 Å². The average molecular weight is 336 g/mol. The van der Waals surface area contributed by atoms with Gasteiger partial charge in [-0.2, -0.15) is 0 Å². The van der Waals surface area contributed by atoms with E-state index >= 15 is 0 Å². The van der Waals surface area contributed by atoms with Gasteiger partial charge in [0.1, 0.15) is 0 Å². The molecule has 0 unspecified atom stereocenters. The van der Waals surface area contributed by atoms with Crippen LogP contribution < -0.4 is 39.8 Å². The molecule has 88 valence electrons. The summed E-state index contributed by atoms with van der Waals surface area (Å²) in [6.07, 6.45) is 1.77. The van der Waals surface area contributed by atoms with E-state index in [1.807, 2.05) is 0 Å². The monoisotopic (exact) mass is 336 g/mol. The highest BCUT2D eigenvalue weighted by Gasteiger charge is 2.20. The van der Waals surface area contributed by atoms with Crippen molar-refractivity contribution in [1.82, 2.24) is 13.7 Å². The van der Waals surface area contributed by atoms with Crippen molar-refractivity contribution in [1.29, 1.82) is 0 Å². The summed E-state index contributed by atoms with van der Waals surface area (Å²) in [4.78, 5) is 23.5. The van der Waals surface area contributed by atoms with Crippen molar-refractivity contribution in [3.63, 3.8) is 0 Å². The first kappa shape index (κ1) is 12.9. The Bertz CT molecular complexity index is 665. The van der Waals surface area contributed by atoms with Gasteiger partial charge in [0.05, 0.1) is 21.1 Å². The fraction of sp³-hybridized carbons (Fsp3) is 0.444. The first-order chi connectivity index (χ1) is 6.95. The number of imidazole rings is 1. The van der Waals surface area contributed by atoms with E-state index in [1.54, 1.807) is 36.6 Å². The summed E-state index contributed by atoms with van der Waals surface area (Å²) in [5.41, 5.74) is 0.582. The molecule has 0 aliphatic heterocycles. The Morgan fingerprint density at radius 2 is 1.69 bits per heavy atom. The fourth-order valence-electron chi connectivity index (χ4n) is 1.90. The predicted octanol–water partition coefficient (Wildman–Crippen LogP) is -4.60. The smallest absolute Gasteiger partial charge is 0.388 e. The quantitative estimate of drug-likeness (QED) is 0.359. The molecule has 0 saturated carbocycles. The molecule has 6 nitrogen and oxygen atoms in total. The second-order valence-corrected chi connectivity index (χ2v) is 3.72. The summed E-state index contributed by atoms with van der Waals surface area (Å²) in [6.45, 7) is 0.